The summed E-state index contributed by atoms with van der Waals surface area (Å²) in [6, 6.07) is 5.48. The molecule has 1 aromatic carbocycles. The van der Waals surface area contributed by atoms with Gasteiger partial charge in [-0.15, -0.1) is 0 Å². The molecule has 0 spiro atoms. The second kappa shape index (κ2) is 4.98. The normalized spacial score (nSPS) is 12.1. The molecule has 2 aromatic heterocycles. The van der Waals surface area contributed by atoms with E-state index in [2.05, 4.69) is 9.97 Å². The van der Waals surface area contributed by atoms with Crippen LogP contribution in [0.25, 0.3) is 22.2 Å². The van der Waals surface area contributed by atoms with Crippen molar-refractivity contribution >= 4 is 22.5 Å². The van der Waals surface area contributed by atoms with Crippen LogP contribution in [-0.2, 0) is 13.2 Å². The molecule has 0 aliphatic carbocycles. The van der Waals surface area contributed by atoms with Crippen molar-refractivity contribution in [3.05, 3.63) is 47.0 Å². The quantitative estimate of drug-likeness (QED) is 0.611. The largest absolute Gasteiger partial charge is 0.419 e. The van der Waals surface area contributed by atoms with E-state index in [1.165, 1.54) is 0 Å². The van der Waals surface area contributed by atoms with Gasteiger partial charge in [0, 0.05) is 30.4 Å². The summed E-state index contributed by atoms with van der Waals surface area (Å²) in [6.45, 7) is 1.91. The molecule has 2 heterocycles. The Hall–Kier alpha value is -2.08. The number of hydrogen-bond acceptors (Lipinski definition) is 2. The first-order valence-corrected chi connectivity index (χ1v) is 6.81. The van der Waals surface area contributed by atoms with Crippen LogP contribution in [0.3, 0.4) is 0 Å². The van der Waals surface area contributed by atoms with Gasteiger partial charge in [0.15, 0.2) is 0 Å². The highest BCUT2D eigenvalue weighted by Crippen LogP contribution is 2.39. The monoisotopic (exact) mass is 325 g/mol. The summed E-state index contributed by atoms with van der Waals surface area (Å²) in [7, 11) is 1.79. The van der Waals surface area contributed by atoms with Crippen LogP contribution < -0.4 is 0 Å². The third-order valence-electron chi connectivity index (χ3n) is 3.52. The number of hydrogen-bond donors (Lipinski definition) is 0. The molecule has 3 nitrogen and oxygen atoms in total. The summed E-state index contributed by atoms with van der Waals surface area (Å²) in [6.07, 6.45) is -2.20. The van der Waals surface area contributed by atoms with Gasteiger partial charge in [0.2, 0.25) is 5.28 Å². The van der Waals surface area contributed by atoms with Gasteiger partial charge in [0.1, 0.15) is 5.56 Å². The zero-order valence-corrected chi connectivity index (χ0v) is 12.5. The van der Waals surface area contributed by atoms with E-state index in [0.717, 1.165) is 17.3 Å². The van der Waals surface area contributed by atoms with Gasteiger partial charge in [-0.2, -0.15) is 13.2 Å². The molecule has 0 unspecified atom stereocenters. The first-order chi connectivity index (χ1) is 10.3. The second-order valence-corrected chi connectivity index (χ2v) is 5.36. The highest BCUT2D eigenvalue weighted by molar-refractivity contribution is 6.28. The van der Waals surface area contributed by atoms with Crippen molar-refractivity contribution < 1.29 is 13.2 Å². The van der Waals surface area contributed by atoms with Crippen molar-refractivity contribution in [3.63, 3.8) is 0 Å². The zero-order valence-electron chi connectivity index (χ0n) is 11.7. The Kier molecular flexibility index (Phi) is 3.36. The molecule has 7 heteroatoms. The Morgan fingerprint density at radius 2 is 1.95 bits per heavy atom. The fourth-order valence-electron chi connectivity index (χ4n) is 2.63. The Labute approximate surface area is 129 Å². The average molecular weight is 326 g/mol. The number of fused-ring (bicyclic) bond motifs is 1. The average Bonchev–Trinajstić information content (AvgIpc) is 2.76. The maximum atomic E-state index is 13.2. The lowest BCUT2D eigenvalue weighted by molar-refractivity contribution is -0.137. The zero-order chi connectivity index (χ0) is 16.1. The topological polar surface area (TPSA) is 30.7 Å². The van der Waals surface area contributed by atoms with Crippen LogP contribution in [0.15, 0.2) is 30.6 Å². The highest BCUT2D eigenvalue weighted by atomic mass is 35.5. The Bertz CT molecular complexity index is 868. The van der Waals surface area contributed by atoms with E-state index in [1.54, 1.807) is 29.9 Å². The summed E-state index contributed by atoms with van der Waals surface area (Å²) >= 11 is 5.71. The number of alkyl halides is 3. The number of rotatable bonds is 1. The van der Waals surface area contributed by atoms with Gasteiger partial charge in [-0.05, 0) is 24.1 Å². The minimum atomic E-state index is -4.55. The Balaban J connectivity index is 2.38. The summed E-state index contributed by atoms with van der Waals surface area (Å²) in [5.41, 5.74) is 1.12. The maximum Gasteiger partial charge on any atom is 0.419 e. The Morgan fingerprint density at radius 3 is 2.64 bits per heavy atom. The minimum absolute atomic E-state index is 0.205. The van der Waals surface area contributed by atoms with Crippen LogP contribution in [0.4, 0.5) is 13.2 Å². The number of nitrogens with zero attached hydrogens (tertiary/aromatic N) is 3. The minimum Gasteiger partial charge on any atom is -0.350 e. The van der Waals surface area contributed by atoms with Crippen molar-refractivity contribution in [2.45, 2.75) is 13.1 Å². The lowest BCUT2D eigenvalue weighted by atomic mass is 10.0. The highest BCUT2D eigenvalue weighted by Gasteiger charge is 2.36. The molecular weight excluding hydrogens is 315 g/mol. The molecule has 0 amide bonds. The van der Waals surface area contributed by atoms with Crippen LogP contribution >= 0.6 is 11.6 Å². The SMILES string of the molecule is Cc1cccc2c(-c3nc(Cl)ncc3C(F)(F)F)cn(C)c12. The van der Waals surface area contributed by atoms with Gasteiger partial charge >= 0.3 is 6.18 Å². The third-order valence-corrected chi connectivity index (χ3v) is 3.71. The summed E-state index contributed by atoms with van der Waals surface area (Å²) in [5, 5.41) is 0.482. The first-order valence-electron chi connectivity index (χ1n) is 6.44. The predicted octanol–water partition coefficient (Wildman–Crippen LogP) is 4.62. The molecule has 0 N–H and O–H groups in total. The van der Waals surface area contributed by atoms with Crippen LogP contribution in [0.5, 0.6) is 0 Å². The molecule has 3 rings (SSSR count). The van der Waals surface area contributed by atoms with E-state index >= 15 is 0 Å². The third kappa shape index (κ3) is 2.33. The van der Waals surface area contributed by atoms with E-state index in [9.17, 15) is 13.2 Å². The van der Waals surface area contributed by atoms with Gasteiger partial charge < -0.3 is 4.57 Å². The van der Waals surface area contributed by atoms with E-state index in [-0.39, 0.29) is 11.0 Å². The molecule has 0 saturated carbocycles. The second-order valence-electron chi connectivity index (χ2n) is 5.02. The van der Waals surface area contributed by atoms with E-state index in [1.807, 2.05) is 13.0 Å². The number of halogens is 4. The number of aryl methyl sites for hydroxylation is 2. The van der Waals surface area contributed by atoms with Crippen LogP contribution in [0.2, 0.25) is 5.28 Å². The van der Waals surface area contributed by atoms with Crippen molar-refractivity contribution in [3.8, 4) is 11.3 Å². The standard InChI is InChI=1S/C15H11ClF3N3/c1-8-4-3-5-9-10(7-22(2)13(8)9)12-11(15(17,18)19)6-20-14(16)21-12/h3-7H,1-2H3. The molecule has 0 saturated heterocycles. The number of benzene rings is 1. The van der Waals surface area contributed by atoms with Gasteiger partial charge in [-0.3, -0.25) is 0 Å². The van der Waals surface area contributed by atoms with E-state index < -0.39 is 11.7 Å². The predicted molar refractivity (Wildman–Crippen MR) is 78.7 cm³/mol. The maximum absolute atomic E-state index is 13.2. The molecule has 3 aromatic rings. The molecule has 0 atom stereocenters. The molecule has 0 radical (unpaired) electrons. The van der Waals surface area contributed by atoms with Crippen LogP contribution in [0, 0.1) is 6.92 Å². The molecule has 22 heavy (non-hydrogen) atoms. The lowest BCUT2D eigenvalue weighted by Gasteiger charge is -2.11. The van der Waals surface area contributed by atoms with E-state index in [0.29, 0.717) is 10.9 Å². The fourth-order valence-corrected chi connectivity index (χ4v) is 2.77. The van der Waals surface area contributed by atoms with Crippen molar-refractivity contribution in [1.82, 2.24) is 14.5 Å². The summed E-state index contributed by atoms with van der Waals surface area (Å²) in [5.74, 6) is 0. The van der Waals surface area contributed by atoms with Gasteiger partial charge in [0.25, 0.3) is 0 Å². The number of para-hydroxylation sites is 1. The van der Waals surface area contributed by atoms with Crippen molar-refractivity contribution in [2.24, 2.45) is 7.05 Å². The van der Waals surface area contributed by atoms with Gasteiger partial charge in [0.05, 0.1) is 11.2 Å². The molecule has 0 fully saturated rings. The summed E-state index contributed by atoms with van der Waals surface area (Å²) < 4.78 is 41.5. The summed E-state index contributed by atoms with van der Waals surface area (Å²) in [4.78, 5) is 7.29. The van der Waals surface area contributed by atoms with Crippen molar-refractivity contribution in [1.29, 1.82) is 0 Å². The van der Waals surface area contributed by atoms with E-state index in [4.69, 9.17) is 11.6 Å². The molecule has 0 aliphatic rings. The smallest absolute Gasteiger partial charge is 0.350 e. The lowest BCUT2D eigenvalue weighted by Crippen LogP contribution is -2.09. The molecular formula is C15H11ClF3N3. The van der Waals surface area contributed by atoms with Crippen LogP contribution in [-0.4, -0.2) is 14.5 Å². The van der Waals surface area contributed by atoms with Gasteiger partial charge in [-0.1, -0.05) is 18.2 Å². The first kappa shape index (κ1) is 14.8. The van der Waals surface area contributed by atoms with Crippen molar-refractivity contribution in [2.75, 3.05) is 0 Å². The molecule has 0 bridgehead atoms. The molecule has 0 aliphatic heterocycles. The van der Waals surface area contributed by atoms with Crippen LogP contribution in [0.1, 0.15) is 11.1 Å². The Morgan fingerprint density at radius 1 is 1.23 bits per heavy atom. The fraction of sp³-hybridized carbons (Fsp3) is 0.200. The number of aromatic nitrogens is 3. The molecule has 114 valence electrons. The van der Waals surface area contributed by atoms with Gasteiger partial charge in [-0.25, -0.2) is 9.97 Å².